The largest absolute Gasteiger partial charge is 0.310 e. The molecule has 2 aliphatic carbocycles. The van der Waals surface area contributed by atoms with Crippen LogP contribution in [0.1, 0.15) is 50.6 Å². The molecule has 1 aromatic rings. The van der Waals surface area contributed by atoms with Crippen LogP contribution in [0.5, 0.6) is 0 Å². The van der Waals surface area contributed by atoms with E-state index in [-0.39, 0.29) is 5.82 Å². The quantitative estimate of drug-likeness (QED) is 0.789. The van der Waals surface area contributed by atoms with Gasteiger partial charge in [-0.25, -0.2) is 4.39 Å². The summed E-state index contributed by atoms with van der Waals surface area (Å²) in [6, 6.07) is 5.91. The zero-order valence-electron chi connectivity index (χ0n) is 12.0. The molecule has 1 N–H and O–H groups in total. The van der Waals surface area contributed by atoms with E-state index in [1.165, 1.54) is 31.2 Å². The van der Waals surface area contributed by atoms with Gasteiger partial charge in [0.1, 0.15) is 5.82 Å². The molecule has 20 heavy (non-hydrogen) atoms. The molecule has 2 saturated carbocycles. The highest BCUT2D eigenvalue weighted by molar-refractivity contribution is 9.10. The minimum Gasteiger partial charge on any atom is -0.310 e. The summed E-state index contributed by atoms with van der Waals surface area (Å²) in [5, 5.41) is 3.71. The molecular weight excluding hydrogens is 317 g/mol. The van der Waals surface area contributed by atoms with Gasteiger partial charge in [-0.3, -0.25) is 0 Å². The summed E-state index contributed by atoms with van der Waals surface area (Å²) in [6.07, 6.45) is 6.71. The average molecular weight is 340 g/mol. The second-order valence-electron chi connectivity index (χ2n) is 6.29. The van der Waals surface area contributed by atoms with E-state index in [1.54, 1.807) is 6.07 Å². The zero-order chi connectivity index (χ0) is 14.1. The van der Waals surface area contributed by atoms with E-state index in [0.717, 1.165) is 30.7 Å². The summed E-state index contributed by atoms with van der Waals surface area (Å²) in [4.78, 5) is 0. The van der Waals surface area contributed by atoms with Gasteiger partial charge in [0.25, 0.3) is 0 Å². The van der Waals surface area contributed by atoms with E-state index in [0.29, 0.717) is 10.5 Å². The molecule has 0 amide bonds. The minimum absolute atomic E-state index is 0.170. The van der Waals surface area contributed by atoms with Crippen molar-refractivity contribution in [1.82, 2.24) is 5.32 Å². The summed E-state index contributed by atoms with van der Waals surface area (Å²) >= 11 is 3.33. The zero-order valence-corrected chi connectivity index (χ0v) is 13.6. The summed E-state index contributed by atoms with van der Waals surface area (Å²) in [5.41, 5.74) is 1.24. The molecule has 0 bridgehead atoms. The molecule has 0 heterocycles. The Hall–Kier alpha value is -0.410. The molecule has 0 aliphatic heterocycles. The van der Waals surface area contributed by atoms with E-state index in [9.17, 15) is 4.39 Å². The van der Waals surface area contributed by atoms with Crippen molar-refractivity contribution < 1.29 is 4.39 Å². The van der Waals surface area contributed by atoms with Crippen molar-refractivity contribution in [2.75, 3.05) is 6.54 Å². The maximum Gasteiger partial charge on any atom is 0.137 e. The average Bonchev–Trinajstić information content (AvgIpc) is 3.17. The SMILES string of the molecule is CCCNC(c1ccc(F)c(Br)c1)C1C2CCCCC21. The molecule has 110 valence electrons. The first-order valence-electron chi connectivity index (χ1n) is 7.90. The molecule has 2 aliphatic rings. The van der Waals surface area contributed by atoms with Gasteiger partial charge in [0.05, 0.1) is 4.47 Å². The van der Waals surface area contributed by atoms with Gasteiger partial charge >= 0.3 is 0 Å². The summed E-state index contributed by atoms with van der Waals surface area (Å²) < 4.78 is 14.0. The Balaban J connectivity index is 1.80. The molecule has 0 aromatic heterocycles. The molecule has 2 fully saturated rings. The Morgan fingerprint density at radius 2 is 2.00 bits per heavy atom. The van der Waals surface area contributed by atoms with E-state index < -0.39 is 0 Å². The highest BCUT2D eigenvalue weighted by Crippen LogP contribution is 2.60. The van der Waals surface area contributed by atoms with Crippen molar-refractivity contribution >= 4 is 15.9 Å². The van der Waals surface area contributed by atoms with Gasteiger partial charge in [0.15, 0.2) is 0 Å². The molecule has 0 spiro atoms. The van der Waals surface area contributed by atoms with Crippen molar-refractivity contribution in [1.29, 1.82) is 0 Å². The fourth-order valence-electron chi connectivity index (χ4n) is 4.02. The fourth-order valence-corrected chi connectivity index (χ4v) is 4.42. The molecular formula is C17H23BrFN. The Morgan fingerprint density at radius 3 is 2.60 bits per heavy atom. The molecule has 3 heteroatoms. The van der Waals surface area contributed by atoms with Crippen LogP contribution in [-0.4, -0.2) is 6.54 Å². The minimum atomic E-state index is -0.170. The first-order chi connectivity index (χ1) is 9.72. The van der Waals surface area contributed by atoms with Crippen LogP contribution in [0.3, 0.4) is 0 Å². The van der Waals surface area contributed by atoms with Crippen molar-refractivity contribution in [3.63, 3.8) is 0 Å². The Labute approximate surface area is 129 Å². The Bertz CT molecular complexity index is 464. The molecule has 1 aromatic carbocycles. The first kappa shape index (κ1) is 14.5. The molecule has 3 rings (SSSR count). The maximum absolute atomic E-state index is 13.5. The fraction of sp³-hybridized carbons (Fsp3) is 0.647. The lowest BCUT2D eigenvalue weighted by Gasteiger charge is -2.20. The third-order valence-corrected chi connectivity index (χ3v) is 5.63. The number of halogens is 2. The Morgan fingerprint density at radius 1 is 1.30 bits per heavy atom. The van der Waals surface area contributed by atoms with Crippen LogP contribution < -0.4 is 5.32 Å². The van der Waals surface area contributed by atoms with Crippen molar-refractivity contribution in [2.24, 2.45) is 17.8 Å². The normalized spacial score (nSPS) is 29.9. The van der Waals surface area contributed by atoms with E-state index in [4.69, 9.17) is 0 Å². The molecule has 0 radical (unpaired) electrons. The van der Waals surface area contributed by atoms with Crippen LogP contribution in [-0.2, 0) is 0 Å². The van der Waals surface area contributed by atoms with Crippen molar-refractivity contribution in [3.8, 4) is 0 Å². The number of hydrogen-bond donors (Lipinski definition) is 1. The second-order valence-corrected chi connectivity index (χ2v) is 7.15. The lowest BCUT2D eigenvalue weighted by Crippen LogP contribution is -2.25. The van der Waals surface area contributed by atoms with Crippen LogP contribution >= 0.6 is 15.9 Å². The smallest absolute Gasteiger partial charge is 0.137 e. The summed E-state index contributed by atoms with van der Waals surface area (Å²) in [5.74, 6) is 2.40. The number of fused-ring (bicyclic) bond motifs is 1. The third kappa shape index (κ3) is 2.80. The first-order valence-corrected chi connectivity index (χ1v) is 8.70. The second kappa shape index (κ2) is 6.15. The van der Waals surface area contributed by atoms with Crippen LogP contribution in [0.15, 0.2) is 22.7 Å². The van der Waals surface area contributed by atoms with E-state index >= 15 is 0 Å². The number of hydrogen-bond acceptors (Lipinski definition) is 1. The molecule has 3 atom stereocenters. The Kier molecular flexibility index (Phi) is 4.46. The summed E-state index contributed by atoms with van der Waals surface area (Å²) in [6.45, 7) is 3.24. The summed E-state index contributed by atoms with van der Waals surface area (Å²) in [7, 11) is 0. The van der Waals surface area contributed by atoms with Crippen LogP contribution in [0.4, 0.5) is 4.39 Å². The van der Waals surface area contributed by atoms with E-state index in [1.807, 2.05) is 12.1 Å². The van der Waals surface area contributed by atoms with E-state index in [2.05, 4.69) is 28.2 Å². The topological polar surface area (TPSA) is 12.0 Å². The van der Waals surface area contributed by atoms with Gasteiger partial charge < -0.3 is 5.32 Å². The number of rotatable bonds is 5. The van der Waals surface area contributed by atoms with Gasteiger partial charge in [-0.2, -0.15) is 0 Å². The molecule has 1 nitrogen and oxygen atoms in total. The number of nitrogens with one attached hydrogen (secondary N) is 1. The standard InChI is InChI=1S/C17H23BrFN/c1-2-9-20-17(11-7-8-15(19)14(18)10-11)16-12-5-3-4-6-13(12)16/h7-8,10,12-13,16-17,20H,2-6,9H2,1H3. The van der Waals surface area contributed by atoms with Gasteiger partial charge in [-0.05, 0) is 77.2 Å². The van der Waals surface area contributed by atoms with Crippen molar-refractivity contribution in [3.05, 3.63) is 34.1 Å². The monoisotopic (exact) mass is 339 g/mol. The highest BCUT2D eigenvalue weighted by Gasteiger charge is 2.54. The van der Waals surface area contributed by atoms with Crippen LogP contribution in [0, 0.1) is 23.6 Å². The lowest BCUT2D eigenvalue weighted by atomic mass is 9.99. The lowest BCUT2D eigenvalue weighted by molar-refractivity contribution is 0.444. The number of benzene rings is 1. The van der Waals surface area contributed by atoms with Gasteiger partial charge in [-0.15, -0.1) is 0 Å². The van der Waals surface area contributed by atoms with Gasteiger partial charge in [0.2, 0.25) is 0 Å². The molecule has 0 saturated heterocycles. The van der Waals surface area contributed by atoms with Crippen LogP contribution in [0.25, 0.3) is 0 Å². The maximum atomic E-state index is 13.5. The van der Waals surface area contributed by atoms with Gasteiger partial charge in [0, 0.05) is 6.04 Å². The van der Waals surface area contributed by atoms with Gasteiger partial charge in [-0.1, -0.05) is 25.8 Å². The highest BCUT2D eigenvalue weighted by atomic mass is 79.9. The molecule has 3 unspecified atom stereocenters. The predicted molar refractivity (Wildman–Crippen MR) is 84.1 cm³/mol. The predicted octanol–water partition coefficient (Wildman–Crippen LogP) is 5.07. The third-order valence-electron chi connectivity index (χ3n) is 5.02. The van der Waals surface area contributed by atoms with Crippen LogP contribution in [0.2, 0.25) is 0 Å². The van der Waals surface area contributed by atoms with Crippen molar-refractivity contribution in [2.45, 2.75) is 45.1 Å².